The maximum atomic E-state index is 10.9. The lowest BCUT2D eigenvalue weighted by molar-refractivity contribution is -0.140. The summed E-state index contributed by atoms with van der Waals surface area (Å²) < 4.78 is 0. The van der Waals surface area contributed by atoms with E-state index in [1.54, 1.807) is 11.8 Å². The van der Waals surface area contributed by atoms with E-state index in [1.165, 1.54) is 23.6 Å². The van der Waals surface area contributed by atoms with Crippen LogP contribution in [-0.2, 0) is 15.3 Å². The van der Waals surface area contributed by atoms with E-state index in [1.807, 2.05) is 30.5 Å². The van der Waals surface area contributed by atoms with Gasteiger partial charge in [-0.3, -0.25) is 4.79 Å². The van der Waals surface area contributed by atoms with Gasteiger partial charge in [0.2, 0.25) is 5.91 Å². The molecule has 0 fully saturated rings. The number of hydrogen-bond donors (Lipinski definition) is 2. The molecule has 1 atom stereocenters. The third-order valence-corrected chi connectivity index (χ3v) is 4.24. The molecular weight excluding hydrogens is 282 g/mol. The molecule has 0 radical (unpaired) electrons. The molecule has 104 valence electrons. The third-order valence-electron chi connectivity index (χ3n) is 2.39. The highest BCUT2D eigenvalue weighted by molar-refractivity contribution is 7.98. The SMILES string of the molecule is CSc1ccc(CSC[C@H](NC(C)=O)C(=O)O)cc1. The molecule has 1 rings (SSSR count). The fourth-order valence-electron chi connectivity index (χ4n) is 1.44. The molecule has 4 nitrogen and oxygen atoms in total. The molecule has 0 aliphatic heterocycles. The van der Waals surface area contributed by atoms with E-state index >= 15 is 0 Å². The summed E-state index contributed by atoms with van der Waals surface area (Å²) >= 11 is 3.18. The minimum Gasteiger partial charge on any atom is -0.480 e. The Labute approximate surface area is 121 Å². The number of rotatable bonds is 7. The molecule has 0 aliphatic carbocycles. The smallest absolute Gasteiger partial charge is 0.327 e. The van der Waals surface area contributed by atoms with Crippen LogP contribution in [0.5, 0.6) is 0 Å². The Balaban J connectivity index is 2.42. The van der Waals surface area contributed by atoms with Crippen LogP contribution in [0.1, 0.15) is 12.5 Å². The van der Waals surface area contributed by atoms with Crippen molar-refractivity contribution in [3.63, 3.8) is 0 Å². The van der Waals surface area contributed by atoms with Crippen LogP contribution >= 0.6 is 23.5 Å². The average molecular weight is 299 g/mol. The Bertz CT molecular complexity index is 434. The van der Waals surface area contributed by atoms with Crippen molar-refractivity contribution >= 4 is 35.4 Å². The van der Waals surface area contributed by atoms with Gasteiger partial charge in [-0.15, -0.1) is 11.8 Å². The van der Waals surface area contributed by atoms with E-state index in [2.05, 4.69) is 5.32 Å². The Morgan fingerprint density at radius 3 is 2.42 bits per heavy atom. The molecule has 6 heteroatoms. The van der Waals surface area contributed by atoms with Gasteiger partial charge in [0.15, 0.2) is 0 Å². The number of amides is 1. The van der Waals surface area contributed by atoms with E-state index in [4.69, 9.17) is 5.11 Å². The molecule has 0 spiro atoms. The molecule has 1 amide bonds. The van der Waals surface area contributed by atoms with Crippen LogP contribution in [0.3, 0.4) is 0 Å². The lowest BCUT2D eigenvalue weighted by Gasteiger charge is -2.12. The highest BCUT2D eigenvalue weighted by Crippen LogP contribution is 2.18. The highest BCUT2D eigenvalue weighted by atomic mass is 32.2. The summed E-state index contributed by atoms with van der Waals surface area (Å²) in [6.45, 7) is 1.32. The van der Waals surface area contributed by atoms with Crippen LogP contribution in [0.2, 0.25) is 0 Å². The van der Waals surface area contributed by atoms with Crippen molar-refractivity contribution in [3.05, 3.63) is 29.8 Å². The van der Waals surface area contributed by atoms with Gasteiger partial charge in [-0.25, -0.2) is 4.79 Å². The monoisotopic (exact) mass is 299 g/mol. The summed E-state index contributed by atoms with van der Waals surface area (Å²) in [4.78, 5) is 23.0. The topological polar surface area (TPSA) is 66.4 Å². The summed E-state index contributed by atoms with van der Waals surface area (Å²) in [6, 6.07) is 7.33. The van der Waals surface area contributed by atoms with Gasteiger partial charge in [-0.1, -0.05) is 12.1 Å². The van der Waals surface area contributed by atoms with Crippen LogP contribution < -0.4 is 5.32 Å². The summed E-state index contributed by atoms with van der Waals surface area (Å²) in [7, 11) is 0. The Hall–Kier alpha value is -1.14. The van der Waals surface area contributed by atoms with Crippen LogP contribution in [0, 0.1) is 0 Å². The second-order valence-electron chi connectivity index (χ2n) is 3.95. The zero-order valence-corrected chi connectivity index (χ0v) is 12.5. The van der Waals surface area contributed by atoms with Crippen molar-refractivity contribution < 1.29 is 14.7 Å². The van der Waals surface area contributed by atoms with Gasteiger partial charge in [-0.2, -0.15) is 11.8 Å². The van der Waals surface area contributed by atoms with Gasteiger partial charge in [-0.05, 0) is 24.0 Å². The molecule has 0 aromatic heterocycles. The van der Waals surface area contributed by atoms with Crippen LogP contribution in [0.15, 0.2) is 29.2 Å². The van der Waals surface area contributed by atoms with Crippen molar-refractivity contribution in [3.8, 4) is 0 Å². The molecule has 0 saturated heterocycles. The van der Waals surface area contributed by atoms with E-state index < -0.39 is 12.0 Å². The van der Waals surface area contributed by atoms with Gasteiger partial charge in [0, 0.05) is 23.3 Å². The number of carboxylic acid groups (broad SMARTS) is 1. The fraction of sp³-hybridized carbons (Fsp3) is 0.385. The lowest BCUT2D eigenvalue weighted by atomic mass is 10.2. The summed E-state index contributed by atoms with van der Waals surface area (Å²) in [5.74, 6) is -0.227. The van der Waals surface area contributed by atoms with E-state index in [0.29, 0.717) is 5.75 Å². The molecule has 0 heterocycles. The number of aliphatic carboxylic acids is 1. The lowest BCUT2D eigenvalue weighted by Crippen LogP contribution is -2.41. The number of hydrogen-bond acceptors (Lipinski definition) is 4. The van der Waals surface area contributed by atoms with Crippen molar-refractivity contribution in [2.24, 2.45) is 0 Å². The number of carbonyl (C=O) groups is 2. The number of thioether (sulfide) groups is 2. The molecule has 0 aliphatic rings. The molecule has 0 saturated carbocycles. The number of nitrogens with one attached hydrogen (secondary N) is 1. The molecule has 0 bridgehead atoms. The van der Waals surface area contributed by atoms with Crippen molar-refractivity contribution in [2.45, 2.75) is 23.6 Å². The normalized spacial score (nSPS) is 11.9. The van der Waals surface area contributed by atoms with E-state index in [-0.39, 0.29) is 5.91 Å². The summed E-state index contributed by atoms with van der Waals surface area (Å²) in [5, 5.41) is 11.4. The van der Waals surface area contributed by atoms with E-state index in [0.717, 1.165) is 11.3 Å². The molecular formula is C13H17NO3S2. The van der Waals surface area contributed by atoms with Gasteiger partial charge in [0.25, 0.3) is 0 Å². The summed E-state index contributed by atoms with van der Waals surface area (Å²) in [6.07, 6.45) is 2.02. The van der Waals surface area contributed by atoms with Crippen molar-refractivity contribution in [1.29, 1.82) is 0 Å². The van der Waals surface area contributed by atoms with Gasteiger partial charge < -0.3 is 10.4 Å². The van der Waals surface area contributed by atoms with Gasteiger partial charge in [0.1, 0.15) is 6.04 Å². The maximum Gasteiger partial charge on any atom is 0.327 e. The minimum atomic E-state index is -1.000. The highest BCUT2D eigenvalue weighted by Gasteiger charge is 2.17. The first-order chi connectivity index (χ1) is 9.02. The quantitative estimate of drug-likeness (QED) is 0.756. The largest absolute Gasteiger partial charge is 0.480 e. The predicted octanol–water partition coefficient (Wildman–Crippen LogP) is 2.23. The van der Waals surface area contributed by atoms with Crippen molar-refractivity contribution in [1.82, 2.24) is 5.32 Å². The van der Waals surface area contributed by atoms with E-state index in [9.17, 15) is 9.59 Å². The number of carbonyl (C=O) groups excluding carboxylic acids is 1. The van der Waals surface area contributed by atoms with Gasteiger partial charge in [0.05, 0.1) is 0 Å². The Kier molecular flexibility index (Phi) is 6.80. The Morgan fingerprint density at radius 1 is 1.32 bits per heavy atom. The number of carboxylic acids is 1. The maximum absolute atomic E-state index is 10.9. The molecule has 1 aromatic rings. The van der Waals surface area contributed by atoms with Gasteiger partial charge >= 0.3 is 5.97 Å². The fourth-order valence-corrected chi connectivity index (χ4v) is 2.85. The standard InChI is InChI=1S/C13H17NO3S2/c1-9(15)14-12(13(16)17)8-19-7-10-3-5-11(18-2)6-4-10/h3-6,12H,7-8H2,1-2H3,(H,14,15)(H,16,17)/t12-/m0/s1. The van der Waals surface area contributed by atoms with Crippen LogP contribution in [-0.4, -0.2) is 35.0 Å². The van der Waals surface area contributed by atoms with Crippen LogP contribution in [0.4, 0.5) is 0 Å². The number of benzene rings is 1. The third kappa shape index (κ3) is 6.02. The molecule has 19 heavy (non-hydrogen) atoms. The average Bonchev–Trinajstić information content (AvgIpc) is 2.37. The second kappa shape index (κ2) is 8.12. The predicted molar refractivity (Wildman–Crippen MR) is 79.6 cm³/mol. The molecule has 1 aromatic carbocycles. The zero-order valence-electron chi connectivity index (χ0n) is 10.9. The first-order valence-electron chi connectivity index (χ1n) is 5.73. The Morgan fingerprint density at radius 2 is 1.95 bits per heavy atom. The van der Waals surface area contributed by atoms with Crippen LogP contribution in [0.25, 0.3) is 0 Å². The minimum absolute atomic E-state index is 0.322. The molecule has 2 N–H and O–H groups in total. The molecule has 0 unspecified atom stereocenters. The first kappa shape index (κ1) is 15.9. The zero-order chi connectivity index (χ0) is 14.3. The summed E-state index contributed by atoms with van der Waals surface area (Å²) in [5.41, 5.74) is 1.15. The first-order valence-corrected chi connectivity index (χ1v) is 8.11. The second-order valence-corrected chi connectivity index (χ2v) is 5.86. The van der Waals surface area contributed by atoms with Crippen molar-refractivity contribution in [2.75, 3.05) is 12.0 Å².